The van der Waals surface area contributed by atoms with Crippen molar-refractivity contribution >= 4 is 11.4 Å². The van der Waals surface area contributed by atoms with E-state index in [1.807, 2.05) is 57.4 Å². The van der Waals surface area contributed by atoms with Gasteiger partial charge in [0.1, 0.15) is 24.0 Å². The molecular formula is C24H31N7O3. The van der Waals surface area contributed by atoms with E-state index in [0.29, 0.717) is 25.0 Å². The zero-order valence-electron chi connectivity index (χ0n) is 20.0. The van der Waals surface area contributed by atoms with Crippen LogP contribution in [0.3, 0.4) is 0 Å². The summed E-state index contributed by atoms with van der Waals surface area (Å²) in [6.07, 6.45) is -0.215. The maximum absolute atomic E-state index is 6.15. The lowest BCUT2D eigenvalue weighted by atomic mass is 10.1. The van der Waals surface area contributed by atoms with E-state index in [9.17, 15) is 0 Å². The van der Waals surface area contributed by atoms with Crippen LogP contribution in [0.2, 0.25) is 0 Å². The maximum Gasteiger partial charge on any atom is 0.341 e. The molecule has 3 heterocycles. The summed E-state index contributed by atoms with van der Waals surface area (Å²) in [6, 6.07) is 16.6. The van der Waals surface area contributed by atoms with Crippen molar-refractivity contribution in [3.63, 3.8) is 0 Å². The Labute approximate surface area is 199 Å². The van der Waals surface area contributed by atoms with Gasteiger partial charge in [0.2, 0.25) is 0 Å². The number of tetrazole rings is 1. The number of ether oxygens (including phenoxy) is 3. The minimum Gasteiger partial charge on any atom is -0.423 e. The van der Waals surface area contributed by atoms with Crippen LogP contribution in [0.5, 0.6) is 11.8 Å². The molecule has 1 N–H and O–H groups in total. The van der Waals surface area contributed by atoms with Crippen molar-refractivity contribution in [2.45, 2.75) is 30.8 Å². The molecule has 2 fully saturated rings. The van der Waals surface area contributed by atoms with Crippen LogP contribution in [0, 0.1) is 0 Å². The van der Waals surface area contributed by atoms with Crippen LogP contribution in [0.4, 0.5) is 11.4 Å². The summed E-state index contributed by atoms with van der Waals surface area (Å²) in [7, 11) is 8.05. The summed E-state index contributed by atoms with van der Waals surface area (Å²) >= 11 is 0. The Kier molecular flexibility index (Phi) is 6.36. The highest BCUT2D eigenvalue weighted by Crippen LogP contribution is 2.36. The van der Waals surface area contributed by atoms with Crippen LogP contribution >= 0.6 is 0 Å². The molecule has 180 valence electrons. The fourth-order valence-electron chi connectivity index (χ4n) is 4.42. The van der Waals surface area contributed by atoms with Crippen LogP contribution < -0.4 is 19.9 Å². The van der Waals surface area contributed by atoms with Gasteiger partial charge < -0.3 is 29.3 Å². The molecule has 2 saturated heterocycles. The molecule has 0 bridgehead atoms. The van der Waals surface area contributed by atoms with E-state index in [-0.39, 0.29) is 24.3 Å². The Morgan fingerprint density at radius 2 is 1.74 bits per heavy atom. The number of nitrogens with one attached hydrogen (secondary N) is 1. The summed E-state index contributed by atoms with van der Waals surface area (Å²) in [5.74, 6) is 0.671. The van der Waals surface area contributed by atoms with Crippen molar-refractivity contribution < 1.29 is 14.2 Å². The van der Waals surface area contributed by atoms with E-state index in [0.717, 1.165) is 12.2 Å². The van der Waals surface area contributed by atoms with Gasteiger partial charge in [-0.25, -0.2) is 0 Å². The van der Waals surface area contributed by atoms with Gasteiger partial charge in [0.05, 0.1) is 19.3 Å². The van der Waals surface area contributed by atoms with Gasteiger partial charge in [-0.05, 0) is 40.3 Å². The van der Waals surface area contributed by atoms with Crippen molar-refractivity contribution in [3.8, 4) is 11.8 Å². The number of anilines is 2. The lowest BCUT2D eigenvalue weighted by Crippen LogP contribution is -2.40. The number of nitrogens with zero attached hydrogens (tertiary/aromatic N) is 6. The highest BCUT2D eigenvalue weighted by Gasteiger charge is 2.49. The maximum atomic E-state index is 6.15. The van der Waals surface area contributed by atoms with Crippen LogP contribution in [-0.2, 0) is 16.0 Å². The molecule has 10 nitrogen and oxygen atoms in total. The van der Waals surface area contributed by atoms with Gasteiger partial charge in [0.25, 0.3) is 0 Å². The monoisotopic (exact) mass is 465 g/mol. The van der Waals surface area contributed by atoms with Crippen LogP contribution in [0.15, 0.2) is 48.5 Å². The third-order valence-corrected chi connectivity index (χ3v) is 6.37. The first-order valence-electron chi connectivity index (χ1n) is 11.5. The predicted molar refractivity (Wildman–Crippen MR) is 129 cm³/mol. The number of hydrogen-bond acceptors (Lipinski definition) is 9. The topological polar surface area (TPSA) is 89.8 Å². The molecule has 0 aliphatic carbocycles. The van der Waals surface area contributed by atoms with Crippen LogP contribution in [0.1, 0.15) is 11.6 Å². The zero-order chi connectivity index (χ0) is 23.7. The Morgan fingerprint density at radius 3 is 2.50 bits per heavy atom. The van der Waals surface area contributed by atoms with Crippen LogP contribution in [-0.4, -0.2) is 79.9 Å². The molecule has 0 saturated carbocycles. The second-order valence-corrected chi connectivity index (χ2v) is 9.11. The highest BCUT2D eigenvalue weighted by atomic mass is 16.6. The van der Waals surface area contributed by atoms with E-state index >= 15 is 0 Å². The number of rotatable bonds is 8. The van der Waals surface area contributed by atoms with Gasteiger partial charge >= 0.3 is 6.01 Å². The van der Waals surface area contributed by atoms with E-state index < -0.39 is 0 Å². The number of aromatic nitrogens is 4. The summed E-state index contributed by atoms with van der Waals surface area (Å²) in [6.45, 7) is 1.79. The molecule has 0 amide bonds. The summed E-state index contributed by atoms with van der Waals surface area (Å²) < 4.78 is 20.0. The van der Waals surface area contributed by atoms with E-state index in [1.54, 1.807) is 4.68 Å². The zero-order valence-corrected chi connectivity index (χ0v) is 20.0. The van der Waals surface area contributed by atoms with E-state index in [4.69, 9.17) is 14.2 Å². The van der Waals surface area contributed by atoms with Gasteiger partial charge in [-0.1, -0.05) is 23.3 Å². The molecule has 4 unspecified atom stereocenters. The molecular weight excluding hydrogens is 434 g/mol. The normalized spacial score (nSPS) is 23.6. The third kappa shape index (κ3) is 4.56. The lowest BCUT2D eigenvalue weighted by Gasteiger charge is -2.19. The average Bonchev–Trinajstić information content (AvgIpc) is 3.55. The first kappa shape index (κ1) is 22.6. The smallest absolute Gasteiger partial charge is 0.341 e. The van der Waals surface area contributed by atoms with Gasteiger partial charge in [-0.3, -0.25) is 0 Å². The quantitative estimate of drug-likeness (QED) is 0.537. The Morgan fingerprint density at radius 1 is 0.971 bits per heavy atom. The second kappa shape index (κ2) is 9.57. The molecule has 2 aliphatic heterocycles. The molecule has 4 atom stereocenters. The molecule has 2 aromatic carbocycles. The Hall–Kier alpha value is -3.21. The largest absolute Gasteiger partial charge is 0.423 e. The average molecular weight is 466 g/mol. The fourth-order valence-corrected chi connectivity index (χ4v) is 4.42. The van der Waals surface area contributed by atoms with Gasteiger partial charge in [0.15, 0.2) is 0 Å². The van der Waals surface area contributed by atoms with Crippen LogP contribution in [0.25, 0.3) is 0 Å². The molecule has 0 radical (unpaired) electrons. The Bertz CT molecular complexity index is 1100. The predicted octanol–water partition coefficient (Wildman–Crippen LogP) is 2.09. The van der Waals surface area contributed by atoms with E-state index in [2.05, 4.69) is 50.0 Å². The third-order valence-electron chi connectivity index (χ3n) is 6.37. The van der Waals surface area contributed by atoms with Crippen molar-refractivity contribution in [2.75, 3.05) is 51.2 Å². The summed E-state index contributed by atoms with van der Waals surface area (Å²) in [5, 5.41) is 15.7. The van der Waals surface area contributed by atoms with E-state index in [1.165, 1.54) is 11.3 Å². The minimum absolute atomic E-state index is 0.0693. The Balaban J connectivity index is 1.23. The van der Waals surface area contributed by atoms with Crippen molar-refractivity contribution in [2.24, 2.45) is 0 Å². The SMILES string of the molecule is CN(C)c1ccc(CNC2COC3C2OCC3n2nnnc2Oc2cccc(N(C)C)c2)cc1. The minimum atomic E-state index is -0.154. The first-order chi connectivity index (χ1) is 16.5. The van der Waals surface area contributed by atoms with Gasteiger partial charge in [-0.2, -0.15) is 4.68 Å². The standard InChI is InChI=1S/C24H31N7O3/c1-29(2)17-10-8-16(9-11-17)13-25-20-14-32-23-21(15-33-22(20)23)31-24(26-27-28-31)34-19-7-5-6-18(12-19)30(3)4/h5-12,20-23,25H,13-15H2,1-4H3. The molecule has 5 rings (SSSR count). The van der Waals surface area contributed by atoms with Gasteiger partial charge in [0, 0.05) is 52.2 Å². The molecule has 1 aromatic heterocycles. The number of hydrogen-bond donors (Lipinski definition) is 1. The molecule has 10 heteroatoms. The van der Waals surface area contributed by atoms with Gasteiger partial charge in [-0.15, -0.1) is 0 Å². The number of benzene rings is 2. The van der Waals surface area contributed by atoms with Crippen molar-refractivity contribution in [1.82, 2.24) is 25.5 Å². The molecule has 0 spiro atoms. The number of fused-ring (bicyclic) bond motifs is 1. The molecule has 34 heavy (non-hydrogen) atoms. The van der Waals surface area contributed by atoms with Crippen molar-refractivity contribution in [3.05, 3.63) is 54.1 Å². The molecule has 3 aromatic rings. The van der Waals surface area contributed by atoms with Crippen molar-refractivity contribution in [1.29, 1.82) is 0 Å². The lowest BCUT2D eigenvalue weighted by molar-refractivity contribution is 0.0611. The second-order valence-electron chi connectivity index (χ2n) is 9.11. The first-order valence-corrected chi connectivity index (χ1v) is 11.5. The molecule has 2 aliphatic rings. The highest BCUT2D eigenvalue weighted by molar-refractivity contribution is 5.50. The fraction of sp³-hybridized carbons (Fsp3) is 0.458. The summed E-state index contributed by atoms with van der Waals surface area (Å²) in [4.78, 5) is 4.11. The summed E-state index contributed by atoms with van der Waals surface area (Å²) in [5.41, 5.74) is 3.44.